The van der Waals surface area contributed by atoms with Gasteiger partial charge >= 0.3 is 0 Å². The molecule has 4 unspecified atom stereocenters. The van der Waals surface area contributed by atoms with Crippen molar-refractivity contribution in [1.29, 1.82) is 0 Å². The molecule has 3 rings (SSSR count). The van der Waals surface area contributed by atoms with Crippen molar-refractivity contribution in [3.05, 3.63) is 41.0 Å². The Morgan fingerprint density at radius 2 is 1.71 bits per heavy atom. The quantitative estimate of drug-likeness (QED) is 0.172. The summed E-state index contributed by atoms with van der Waals surface area (Å²) in [5, 5.41) is 17.5. The van der Waals surface area contributed by atoms with E-state index in [2.05, 4.69) is 31.5 Å². The molecule has 1 fully saturated rings. The number of aliphatic hydroxyl groups excluding tert-OH is 1. The predicted octanol–water partition coefficient (Wildman–Crippen LogP) is 5.91. The molecule has 0 radical (unpaired) electrons. The minimum atomic E-state index is -0.810. The number of likely N-dealkylation sites (tertiary alicyclic amines) is 1. The van der Waals surface area contributed by atoms with Gasteiger partial charge in [-0.1, -0.05) is 86.6 Å². The Balaban J connectivity index is 1.61. The van der Waals surface area contributed by atoms with Crippen molar-refractivity contribution in [2.24, 2.45) is 5.41 Å². The summed E-state index contributed by atoms with van der Waals surface area (Å²) in [5.41, 5.74) is 4.26. The lowest BCUT2D eigenvalue weighted by Gasteiger charge is -2.35. The van der Waals surface area contributed by atoms with Crippen molar-refractivity contribution < 1.29 is 19.5 Å². The van der Waals surface area contributed by atoms with E-state index in [1.165, 1.54) is 17.7 Å². The van der Waals surface area contributed by atoms with Crippen molar-refractivity contribution >= 4 is 45.0 Å². The number of aliphatic hydroxyl groups is 1. The molecule has 0 aliphatic carbocycles. The molecule has 3 N–H and O–H groups in total. The summed E-state index contributed by atoms with van der Waals surface area (Å²) in [5.74, 6) is -0.803. The van der Waals surface area contributed by atoms with Gasteiger partial charge in [-0.2, -0.15) is 0 Å². The summed E-state index contributed by atoms with van der Waals surface area (Å²) in [6.45, 7) is 9.66. The van der Waals surface area contributed by atoms with Crippen molar-refractivity contribution in [3.63, 3.8) is 0 Å². The first-order valence-corrected chi connectivity index (χ1v) is 17.1. The maximum atomic E-state index is 13.8. The Bertz CT molecular complexity index is 1180. The fraction of sp³-hybridized carbons (Fsp3) is 0.625. The number of alkyl halides is 1. The molecule has 4 atom stereocenters. The van der Waals surface area contributed by atoms with Gasteiger partial charge in [0.15, 0.2) is 0 Å². The van der Waals surface area contributed by atoms with Crippen LogP contribution in [0, 0.1) is 12.3 Å². The summed E-state index contributed by atoms with van der Waals surface area (Å²) < 4.78 is 0. The molecular formula is C32H47BrN4O4S. The van der Waals surface area contributed by atoms with Crippen LogP contribution in [-0.2, 0) is 14.4 Å². The standard InChI is InChI=1S/C32H47BrN4O4S/c1-21(23-13-15-24(16-14-23)28-22(2)34-20-42-28)35-30(40)26-18-25(38)19-37(26)31(41)29(32(3,4)5)36-27(39)12-10-8-6-7-9-11-17-33/h13-16,20-21,25-26,29,38H,6-12,17-19H2,1-5H3,(H,35,40)(H,36,39). The van der Waals surface area contributed by atoms with E-state index in [1.54, 1.807) is 11.3 Å². The van der Waals surface area contributed by atoms with Gasteiger partial charge in [-0.15, -0.1) is 11.3 Å². The van der Waals surface area contributed by atoms with Crippen LogP contribution in [0.2, 0.25) is 0 Å². The molecular weight excluding hydrogens is 616 g/mol. The second-order valence-corrected chi connectivity index (χ2v) is 14.1. The number of hydrogen-bond donors (Lipinski definition) is 3. The fourth-order valence-corrected chi connectivity index (χ4v) is 6.54. The molecule has 10 heteroatoms. The van der Waals surface area contributed by atoms with Gasteiger partial charge < -0.3 is 20.6 Å². The number of carbonyl (C=O) groups is 3. The van der Waals surface area contributed by atoms with Crippen molar-refractivity contribution in [1.82, 2.24) is 20.5 Å². The maximum absolute atomic E-state index is 13.8. The molecule has 1 aromatic heterocycles. The van der Waals surface area contributed by atoms with Crippen LogP contribution in [0.5, 0.6) is 0 Å². The molecule has 1 aliphatic rings. The number of nitrogens with zero attached hydrogens (tertiary/aromatic N) is 2. The Kier molecular flexibility index (Phi) is 13.0. The van der Waals surface area contributed by atoms with Crippen LogP contribution >= 0.6 is 27.3 Å². The van der Waals surface area contributed by atoms with Crippen molar-refractivity contribution in [3.8, 4) is 10.4 Å². The Morgan fingerprint density at radius 3 is 2.31 bits per heavy atom. The number of unbranched alkanes of at least 4 members (excludes halogenated alkanes) is 5. The second kappa shape index (κ2) is 16.0. The third kappa shape index (κ3) is 9.61. The van der Waals surface area contributed by atoms with E-state index in [-0.39, 0.29) is 36.7 Å². The van der Waals surface area contributed by atoms with Gasteiger partial charge in [-0.3, -0.25) is 14.4 Å². The lowest BCUT2D eigenvalue weighted by Crippen LogP contribution is -2.57. The first-order valence-electron chi connectivity index (χ1n) is 15.1. The van der Waals surface area contributed by atoms with Gasteiger partial charge in [0.25, 0.3) is 0 Å². The lowest BCUT2D eigenvalue weighted by molar-refractivity contribution is -0.144. The van der Waals surface area contributed by atoms with Gasteiger partial charge in [0.2, 0.25) is 17.7 Å². The first-order chi connectivity index (χ1) is 19.9. The van der Waals surface area contributed by atoms with Crippen LogP contribution in [0.4, 0.5) is 0 Å². The monoisotopic (exact) mass is 662 g/mol. The summed E-state index contributed by atoms with van der Waals surface area (Å²) in [4.78, 5) is 47.0. The first kappa shape index (κ1) is 34.2. The lowest BCUT2D eigenvalue weighted by atomic mass is 9.85. The topological polar surface area (TPSA) is 112 Å². The molecule has 8 nitrogen and oxygen atoms in total. The molecule has 3 amide bonds. The number of β-amino-alcohol motifs (C(OH)–C–C–N with tert-alkyl or cyclic N) is 1. The number of benzene rings is 1. The van der Waals surface area contributed by atoms with Gasteiger partial charge in [0.05, 0.1) is 28.2 Å². The van der Waals surface area contributed by atoms with Crippen molar-refractivity contribution in [2.75, 3.05) is 11.9 Å². The third-order valence-electron chi connectivity index (χ3n) is 7.85. The van der Waals surface area contributed by atoms with E-state index in [4.69, 9.17) is 0 Å². The van der Waals surface area contributed by atoms with E-state index < -0.39 is 23.6 Å². The minimum absolute atomic E-state index is 0.0606. The molecule has 0 spiro atoms. The number of carbonyl (C=O) groups excluding carboxylic acids is 3. The number of aryl methyl sites for hydroxylation is 1. The number of halogens is 1. The van der Waals surface area contributed by atoms with E-state index in [1.807, 2.05) is 64.4 Å². The van der Waals surface area contributed by atoms with Gasteiger partial charge in [0.1, 0.15) is 12.1 Å². The Hall–Kier alpha value is -2.30. The molecule has 0 bridgehead atoms. The molecule has 232 valence electrons. The second-order valence-electron chi connectivity index (χ2n) is 12.4. The van der Waals surface area contributed by atoms with Crippen LogP contribution in [0.1, 0.15) is 96.4 Å². The number of amides is 3. The summed E-state index contributed by atoms with van der Waals surface area (Å²) in [6.07, 6.45) is 6.09. The molecule has 0 saturated carbocycles. The number of rotatable bonds is 14. The van der Waals surface area contributed by atoms with E-state index in [9.17, 15) is 19.5 Å². The summed E-state index contributed by atoms with van der Waals surface area (Å²) >= 11 is 5.04. The predicted molar refractivity (Wildman–Crippen MR) is 172 cm³/mol. The minimum Gasteiger partial charge on any atom is -0.391 e. The average molecular weight is 664 g/mol. The molecule has 1 saturated heterocycles. The smallest absolute Gasteiger partial charge is 0.246 e. The SMILES string of the molecule is Cc1ncsc1-c1ccc(C(C)NC(=O)C2CC(O)CN2C(=O)C(NC(=O)CCCCCCCCBr)C(C)(C)C)cc1. The molecule has 2 aromatic rings. The highest BCUT2D eigenvalue weighted by molar-refractivity contribution is 9.09. The number of aromatic nitrogens is 1. The third-order valence-corrected chi connectivity index (χ3v) is 9.39. The summed E-state index contributed by atoms with van der Waals surface area (Å²) in [6, 6.07) is 6.12. The van der Waals surface area contributed by atoms with Crippen LogP contribution in [0.25, 0.3) is 10.4 Å². The Labute approximate surface area is 263 Å². The highest BCUT2D eigenvalue weighted by Crippen LogP contribution is 2.29. The highest BCUT2D eigenvalue weighted by Gasteiger charge is 2.44. The normalized spacial score (nSPS) is 18.5. The zero-order chi connectivity index (χ0) is 30.9. The van der Waals surface area contributed by atoms with E-state index >= 15 is 0 Å². The average Bonchev–Trinajstić information content (AvgIpc) is 3.55. The van der Waals surface area contributed by atoms with E-state index in [0.29, 0.717) is 6.42 Å². The van der Waals surface area contributed by atoms with Gasteiger partial charge in [0, 0.05) is 24.7 Å². The van der Waals surface area contributed by atoms with Gasteiger partial charge in [-0.25, -0.2) is 4.98 Å². The largest absolute Gasteiger partial charge is 0.391 e. The zero-order valence-corrected chi connectivity index (χ0v) is 28.0. The Morgan fingerprint density at radius 1 is 1.07 bits per heavy atom. The summed E-state index contributed by atoms with van der Waals surface area (Å²) in [7, 11) is 0. The maximum Gasteiger partial charge on any atom is 0.246 e. The molecule has 1 aliphatic heterocycles. The highest BCUT2D eigenvalue weighted by atomic mass is 79.9. The molecule has 1 aromatic carbocycles. The number of thiazole rings is 1. The number of nitrogens with one attached hydrogen (secondary N) is 2. The van der Waals surface area contributed by atoms with Crippen molar-refractivity contribution in [2.45, 2.75) is 110 Å². The van der Waals surface area contributed by atoms with Crippen LogP contribution in [0.15, 0.2) is 29.8 Å². The molecule has 42 heavy (non-hydrogen) atoms. The zero-order valence-electron chi connectivity index (χ0n) is 25.6. The van der Waals surface area contributed by atoms with Gasteiger partial charge in [-0.05, 0) is 43.2 Å². The fourth-order valence-electron chi connectivity index (χ4n) is 5.34. The molecule has 2 heterocycles. The van der Waals surface area contributed by atoms with Crippen LogP contribution < -0.4 is 10.6 Å². The van der Waals surface area contributed by atoms with Crippen LogP contribution in [-0.4, -0.2) is 62.8 Å². The number of hydrogen-bond acceptors (Lipinski definition) is 6. The van der Waals surface area contributed by atoms with Crippen LogP contribution in [0.3, 0.4) is 0 Å². The van der Waals surface area contributed by atoms with E-state index in [0.717, 1.165) is 52.7 Å².